The summed E-state index contributed by atoms with van der Waals surface area (Å²) in [5.41, 5.74) is 3.46. The molecule has 0 aliphatic heterocycles. The Morgan fingerprint density at radius 2 is 1.81 bits per heavy atom. The van der Waals surface area contributed by atoms with E-state index < -0.39 is 15.7 Å². The van der Waals surface area contributed by atoms with Gasteiger partial charge >= 0.3 is 0 Å². The zero-order valence-corrected chi connectivity index (χ0v) is 16.7. The van der Waals surface area contributed by atoms with E-state index in [1.165, 1.54) is 34.6 Å². The van der Waals surface area contributed by atoms with Crippen LogP contribution in [-0.2, 0) is 16.9 Å². The van der Waals surface area contributed by atoms with Gasteiger partial charge in [-0.15, -0.1) is 0 Å². The van der Waals surface area contributed by atoms with E-state index in [-0.39, 0.29) is 16.2 Å². The predicted molar refractivity (Wildman–Crippen MR) is 104 cm³/mol. The van der Waals surface area contributed by atoms with Gasteiger partial charge in [0.05, 0.1) is 26.4 Å². The molecule has 0 atom stereocenters. The van der Waals surface area contributed by atoms with Crippen LogP contribution in [0.3, 0.4) is 0 Å². The molecule has 26 heavy (non-hydrogen) atoms. The monoisotopic (exact) mass is 388 g/mol. The quantitative estimate of drug-likeness (QED) is 0.691. The number of amides is 1. The molecule has 5 nitrogen and oxygen atoms in total. The Labute approximate surface area is 156 Å². The fraction of sp³-hybridized carbons (Fsp3) is 0.263. The van der Waals surface area contributed by atoms with E-state index in [1.807, 2.05) is 25.5 Å². The van der Waals surface area contributed by atoms with Crippen LogP contribution in [0, 0.1) is 13.8 Å². The maximum Gasteiger partial charge on any atom is 0.280 e. The molecular weight excluding hydrogens is 368 g/mol. The highest BCUT2D eigenvalue weighted by Crippen LogP contribution is 2.22. The molecule has 1 aromatic heterocycles. The van der Waals surface area contributed by atoms with Crippen molar-refractivity contribution >= 4 is 37.3 Å². The molecule has 7 heteroatoms. The predicted octanol–water partition coefficient (Wildman–Crippen LogP) is 3.39. The third-order valence-electron chi connectivity index (χ3n) is 4.45. The van der Waals surface area contributed by atoms with Crippen LogP contribution in [-0.4, -0.2) is 24.6 Å². The average Bonchev–Trinajstić information content (AvgIpc) is 2.90. The van der Waals surface area contributed by atoms with E-state index in [0.717, 1.165) is 10.2 Å². The van der Waals surface area contributed by atoms with Crippen molar-refractivity contribution in [2.45, 2.75) is 25.7 Å². The number of hydrogen-bond donors (Lipinski definition) is 0. The average molecular weight is 389 g/mol. The summed E-state index contributed by atoms with van der Waals surface area (Å²) >= 11 is 1.41. The van der Waals surface area contributed by atoms with Gasteiger partial charge in [-0.05, 0) is 49.2 Å². The number of fused-ring (bicyclic) bond motifs is 1. The lowest BCUT2D eigenvalue weighted by Gasteiger charge is -2.05. The minimum atomic E-state index is -3.50. The summed E-state index contributed by atoms with van der Waals surface area (Å²) in [6.07, 6.45) is 0. The first kappa shape index (κ1) is 18.5. The maximum atomic E-state index is 12.7. The second-order valence-electron chi connectivity index (χ2n) is 6.16. The molecule has 0 aliphatic carbocycles. The number of thiazole rings is 1. The van der Waals surface area contributed by atoms with Crippen molar-refractivity contribution < 1.29 is 13.2 Å². The Hall–Kier alpha value is -2.25. The van der Waals surface area contributed by atoms with Crippen LogP contribution in [0.25, 0.3) is 10.2 Å². The third-order valence-corrected chi connectivity index (χ3v) is 7.34. The van der Waals surface area contributed by atoms with Crippen LogP contribution >= 0.6 is 11.3 Å². The summed E-state index contributed by atoms with van der Waals surface area (Å²) in [6.45, 7) is 5.65. The number of aryl methyl sites for hydroxylation is 3. The van der Waals surface area contributed by atoms with Crippen molar-refractivity contribution in [3.8, 4) is 0 Å². The lowest BCUT2D eigenvalue weighted by Crippen LogP contribution is -2.15. The number of carbonyl (C=O) groups excluding carboxylic acids is 1. The molecule has 1 heterocycles. The second kappa shape index (κ2) is 6.81. The topological polar surface area (TPSA) is 68.5 Å². The van der Waals surface area contributed by atoms with Gasteiger partial charge in [0.15, 0.2) is 14.6 Å². The van der Waals surface area contributed by atoms with Gasteiger partial charge < -0.3 is 4.57 Å². The van der Waals surface area contributed by atoms with Crippen molar-refractivity contribution in [1.82, 2.24) is 4.57 Å². The molecule has 2 aromatic carbocycles. The summed E-state index contributed by atoms with van der Waals surface area (Å²) in [5, 5.41) is 0. The number of nitrogens with zero attached hydrogens (tertiary/aromatic N) is 2. The van der Waals surface area contributed by atoms with Gasteiger partial charge in [-0.1, -0.05) is 30.4 Å². The Morgan fingerprint density at radius 1 is 1.15 bits per heavy atom. The number of aromatic nitrogens is 1. The van der Waals surface area contributed by atoms with Crippen molar-refractivity contribution in [3.63, 3.8) is 0 Å². The zero-order valence-electron chi connectivity index (χ0n) is 15.1. The summed E-state index contributed by atoms with van der Waals surface area (Å²) in [6, 6.07) is 10.4. The number of rotatable bonds is 3. The maximum absolute atomic E-state index is 12.7. The molecule has 0 radical (unpaired) electrons. The van der Waals surface area contributed by atoms with Gasteiger partial charge in [0.25, 0.3) is 5.91 Å². The largest absolute Gasteiger partial charge is 0.319 e. The number of carbonyl (C=O) groups is 1. The summed E-state index contributed by atoms with van der Waals surface area (Å²) in [5.74, 6) is -0.611. The fourth-order valence-corrected chi connectivity index (χ4v) is 4.89. The SMILES string of the molecule is CCS(=O)(=O)c1ccccc1C(=O)N=c1sc2cc(C)c(C)cc2n1C. The lowest BCUT2D eigenvalue weighted by molar-refractivity contribution is 0.0995. The number of hydrogen-bond acceptors (Lipinski definition) is 4. The highest BCUT2D eigenvalue weighted by atomic mass is 32.2. The first-order chi connectivity index (χ1) is 12.2. The van der Waals surface area contributed by atoms with Gasteiger partial charge in [0, 0.05) is 7.05 Å². The van der Waals surface area contributed by atoms with E-state index in [9.17, 15) is 13.2 Å². The van der Waals surface area contributed by atoms with Crippen LogP contribution in [0.5, 0.6) is 0 Å². The summed E-state index contributed by atoms with van der Waals surface area (Å²) in [4.78, 5) is 17.5. The first-order valence-electron chi connectivity index (χ1n) is 8.22. The second-order valence-corrected chi connectivity index (χ2v) is 9.42. The normalized spacial score (nSPS) is 12.7. The molecule has 136 valence electrons. The molecule has 0 saturated heterocycles. The molecule has 0 aliphatic rings. The number of benzene rings is 2. The Kier molecular flexibility index (Phi) is 4.86. The molecular formula is C19H20N2O3S2. The van der Waals surface area contributed by atoms with E-state index in [4.69, 9.17) is 0 Å². The molecule has 1 amide bonds. The highest BCUT2D eigenvalue weighted by molar-refractivity contribution is 7.91. The van der Waals surface area contributed by atoms with E-state index in [0.29, 0.717) is 4.80 Å². The van der Waals surface area contributed by atoms with Crippen LogP contribution in [0.2, 0.25) is 0 Å². The highest BCUT2D eigenvalue weighted by Gasteiger charge is 2.20. The van der Waals surface area contributed by atoms with Gasteiger partial charge in [0.1, 0.15) is 0 Å². The van der Waals surface area contributed by atoms with Crippen LogP contribution in [0.1, 0.15) is 28.4 Å². The van der Waals surface area contributed by atoms with Crippen LogP contribution < -0.4 is 4.80 Å². The molecule has 0 spiro atoms. The van der Waals surface area contributed by atoms with Gasteiger partial charge in [-0.25, -0.2) is 8.42 Å². The molecule has 0 unspecified atom stereocenters. The Morgan fingerprint density at radius 3 is 2.50 bits per heavy atom. The molecule has 0 saturated carbocycles. The molecule has 3 rings (SSSR count). The molecule has 0 bridgehead atoms. The van der Waals surface area contributed by atoms with Crippen LogP contribution in [0.15, 0.2) is 46.3 Å². The van der Waals surface area contributed by atoms with E-state index in [1.54, 1.807) is 19.1 Å². The van der Waals surface area contributed by atoms with Crippen molar-refractivity contribution in [3.05, 3.63) is 57.9 Å². The lowest BCUT2D eigenvalue weighted by atomic mass is 10.1. The number of sulfone groups is 1. The minimum Gasteiger partial charge on any atom is -0.319 e. The summed E-state index contributed by atoms with van der Waals surface area (Å²) in [7, 11) is -1.64. The Balaban J connectivity index is 2.17. The van der Waals surface area contributed by atoms with E-state index >= 15 is 0 Å². The molecule has 0 N–H and O–H groups in total. The molecule has 3 aromatic rings. The van der Waals surface area contributed by atoms with Gasteiger partial charge in [-0.3, -0.25) is 4.79 Å². The molecule has 0 fully saturated rings. The Bertz CT molecular complexity index is 1190. The smallest absolute Gasteiger partial charge is 0.280 e. The van der Waals surface area contributed by atoms with E-state index in [2.05, 4.69) is 17.1 Å². The van der Waals surface area contributed by atoms with Crippen molar-refractivity contribution in [2.24, 2.45) is 12.0 Å². The fourth-order valence-electron chi connectivity index (χ4n) is 2.70. The summed E-state index contributed by atoms with van der Waals surface area (Å²) < 4.78 is 27.4. The first-order valence-corrected chi connectivity index (χ1v) is 10.7. The van der Waals surface area contributed by atoms with Crippen LogP contribution in [0.4, 0.5) is 0 Å². The minimum absolute atomic E-state index is 0.0340. The van der Waals surface area contributed by atoms with Crippen molar-refractivity contribution in [2.75, 3.05) is 5.75 Å². The zero-order chi connectivity index (χ0) is 19.1. The van der Waals surface area contributed by atoms with Gasteiger partial charge in [0.2, 0.25) is 0 Å². The van der Waals surface area contributed by atoms with Crippen molar-refractivity contribution in [1.29, 1.82) is 0 Å². The standard InChI is InChI=1S/C19H20N2O3S2/c1-5-26(23,24)17-9-7-6-8-14(17)18(22)20-19-21(4)15-10-12(2)13(3)11-16(15)25-19/h6-11H,5H2,1-4H3. The van der Waals surface area contributed by atoms with Gasteiger partial charge in [-0.2, -0.15) is 4.99 Å². The third kappa shape index (κ3) is 3.24.